The van der Waals surface area contributed by atoms with Crippen molar-refractivity contribution in [2.45, 2.75) is 132 Å². The van der Waals surface area contributed by atoms with Gasteiger partial charge in [-0.05, 0) is 55.7 Å². The Kier molecular flexibility index (Phi) is 25.2. The number of nitrogens with two attached hydrogens (primary N) is 2. The number of nitrogens with one attached hydrogen (secondary N) is 10. The van der Waals surface area contributed by atoms with Gasteiger partial charge >= 0.3 is 5.97 Å². The summed E-state index contributed by atoms with van der Waals surface area (Å²) in [5.74, 6) is -11.1. The van der Waals surface area contributed by atoms with Crippen LogP contribution in [0.2, 0.25) is 0 Å². The van der Waals surface area contributed by atoms with Crippen LogP contribution in [0.5, 0.6) is 0 Å². The Bertz CT molecular complexity index is 2200. The number of aliphatic carboxylic acids is 1. The average Bonchev–Trinajstić information content (AvgIpc) is 3.32. The number of carboxylic acid groups (broad SMARTS) is 1. The van der Waals surface area contributed by atoms with Gasteiger partial charge < -0.3 is 79.5 Å². The van der Waals surface area contributed by atoms with Crippen molar-refractivity contribution < 1.29 is 68.1 Å². The normalized spacial score (nSPS) is 26.1. The molecule has 2 aliphatic rings. The number of benzene rings is 1. The number of aliphatic hydroxyl groups is 2. The summed E-state index contributed by atoms with van der Waals surface area (Å²) in [5, 5.41) is 63.8. The van der Waals surface area contributed by atoms with Crippen LogP contribution in [0.1, 0.15) is 76.5 Å². The van der Waals surface area contributed by atoms with Crippen LogP contribution >= 0.6 is 23.5 Å². The molecule has 27 nitrogen and oxygen atoms in total. The maximum atomic E-state index is 14.2. The minimum absolute atomic E-state index is 0.0458. The summed E-state index contributed by atoms with van der Waals surface area (Å²) < 4.78 is 0. The first-order valence-corrected chi connectivity index (χ1v) is 25.6. The Hall–Kier alpha value is -6.72. The zero-order valence-electron chi connectivity index (χ0n) is 40.8. The van der Waals surface area contributed by atoms with Gasteiger partial charge in [0.1, 0.15) is 61.2 Å². The number of primary amides is 1. The molecule has 4 bridgehead atoms. The number of carboxylic acids is 1. The molecule has 2 heterocycles. The molecule has 0 aromatic heterocycles. The Morgan fingerprint density at radius 2 is 1.34 bits per heavy atom. The predicted molar refractivity (Wildman–Crippen MR) is 267 cm³/mol. The number of oxime groups is 1. The summed E-state index contributed by atoms with van der Waals surface area (Å²) >= 11 is 2.44. The number of carbonyl (C=O) groups excluding carboxylic acids is 9. The average molecular weight is 1070 g/mol. The lowest BCUT2D eigenvalue weighted by atomic mass is 9.97. The van der Waals surface area contributed by atoms with E-state index in [2.05, 4.69) is 53.0 Å². The fourth-order valence-electron chi connectivity index (χ4n) is 7.09. The molecule has 73 heavy (non-hydrogen) atoms. The van der Waals surface area contributed by atoms with Gasteiger partial charge in [-0.1, -0.05) is 43.6 Å². The second-order valence-electron chi connectivity index (χ2n) is 17.3. The summed E-state index contributed by atoms with van der Waals surface area (Å²) in [6, 6.07) is -6.96. The van der Waals surface area contributed by atoms with Crippen molar-refractivity contribution in [3.8, 4) is 0 Å². The molecule has 17 N–H and O–H groups in total. The van der Waals surface area contributed by atoms with Crippen molar-refractivity contribution in [1.29, 1.82) is 5.41 Å². The van der Waals surface area contributed by atoms with E-state index >= 15 is 0 Å². The topological polar surface area (TPSA) is 437 Å². The van der Waals surface area contributed by atoms with Crippen LogP contribution in [0.4, 0.5) is 0 Å². The summed E-state index contributed by atoms with van der Waals surface area (Å²) in [6.07, 6.45) is -1.24. The second kappa shape index (κ2) is 30.3. The highest BCUT2D eigenvalue weighted by molar-refractivity contribution is 7.98. The van der Waals surface area contributed by atoms with Gasteiger partial charge in [-0.3, -0.25) is 53.4 Å². The van der Waals surface area contributed by atoms with E-state index in [1.165, 1.54) is 30.4 Å². The molecule has 10 atom stereocenters. The van der Waals surface area contributed by atoms with E-state index in [0.717, 1.165) is 18.7 Å². The smallest absolute Gasteiger partial charge is 0.305 e. The zero-order valence-corrected chi connectivity index (χ0v) is 42.5. The van der Waals surface area contributed by atoms with E-state index in [0.29, 0.717) is 24.0 Å². The van der Waals surface area contributed by atoms with Crippen LogP contribution in [0, 0.1) is 11.3 Å². The minimum atomic E-state index is -1.99. The summed E-state index contributed by atoms with van der Waals surface area (Å²) in [4.78, 5) is 139. The van der Waals surface area contributed by atoms with Gasteiger partial charge in [-0.25, -0.2) is 0 Å². The molecule has 2 aliphatic heterocycles. The first-order chi connectivity index (χ1) is 34.5. The molecule has 0 unspecified atom stereocenters. The van der Waals surface area contributed by atoms with E-state index in [1.54, 1.807) is 26.0 Å². The number of nitrogens with zero attached hydrogens (tertiary/aromatic N) is 1. The Labute approximate surface area is 429 Å². The third kappa shape index (κ3) is 20.7. The first kappa shape index (κ1) is 60.6. The standard InChI is InChI=1S/C44H67N13O14S2/c1-5-21(2)34-42(69)54-30(36(45)63)19-72-17-25-10-24-11-26(12-25)18-73-20-31(55-37(64)22(3)50-32(60)14-49-71-16-24)41(68)51-27(8-6-7-9-48-44(46)47)38(65)53-29(15-58)40(67)52-28(13-33(61)62)39(66)57-35(23(4)59)43(70)56-34/h10-12,14,21-23,27-31,34-35,58-59H,5-9,13,15-20H2,1-4H3,(H2,45,63)(H,50,60)(H,51,68)(H,52,67)(H,53,65)(H,54,69)(H,55,64)(H,56,70)(H,57,66)(H,61,62)(H4,46,47,48)/b49-14-/t21-,22-,23+,27-,28-,29-,30-,31-,34-,35-/m0/s1. The van der Waals surface area contributed by atoms with Crippen LogP contribution in [0.15, 0.2) is 23.4 Å². The molecule has 0 saturated heterocycles. The molecule has 0 saturated carbocycles. The van der Waals surface area contributed by atoms with Crippen LogP contribution < -0.4 is 59.3 Å². The number of aliphatic hydroxyl groups excluding tert-OH is 2. The number of rotatable bonds is 12. The van der Waals surface area contributed by atoms with Crippen LogP contribution in [0.25, 0.3) is 0 Å². The molecular weight excluding hydrogens is 999 g/mol. The molecule has 0 spiro atoms. The lowest BCUT2D eigenvalue weighted by molar-refractivity contribution is -0.142. The molecule has 3 rings (SSSR count). The third-order valence-corrected chi connectivity index (χ3v) is 13.5. The van der Waals surface area contributed by atoms with Gasteiger partial charge in [0.05, 0.1) is 19.1 Å². The van der Waals surface area contributed by atoms with Crippen molar-refractivity contribution in [3.05, 3.63) is 34.9 Å². The van der Waals surface area contributed by atoms with Gasteiger partial charge in [-0.2, -0.15) is 23.5 Å². The SMILES string of the molecule is CC[C@H](C)[C@@H]1NC(=O)[C@H]([C@@H](C)O)NC(=O)[C@H](CC(=O)O)NC(=O)[C@H](CO)NC(=O)[C@H](CCCCNC(=N)N)NC(=O)[C@@H]2CSCc3cc(cc(c3)CSC[C@@H](C(N)=O)NC1=O)CO/N=C\C(=O)N[C@@H](C)C(=O)N2. The highest BCUT2D eigenvalue weighted by Gasteiger charge is 2.37. The number of hydrogen-bond acceptors (Lipinski definition) is 17. The van der Waals surface area contributed by atoms with Gasteiger partial charge in [0.2, 0.25) is 47.3 Å². The highest BCUT2D eigenvalue weighted by atomic mass is 32.2. The molecular formula is C44H67N13O14S2. The van der Waals surface area contributed by atoms with Crippen molar-refractivity contribution >= 4 is 94.8 Å². The lowest BCUT2D eigenvalue weighted by Crippen LogP contribution is -2.63. The molecule has 1 aromatic carbocycles. The van der Waals surface area contributed by atoms with E-state index < -0.39 is 133 Å². The number of unbranched alkanes of at least 4 members (excludes halogenated alkanes) is 1. The van der Waals surface area contributed by atoms with E-state index in [1.807, 2.05) is 6.07 Å². The number of carbonyl (C=O) groups is 10. The maximum Gasteiger partial charge on any atom is 0.305 e. The highest BCUT2D eigenvalue weighted by Crippen LogP contribution is 2.23. The van der Waals surface area contributed by atoms with E-state index in [9.17, 15) is 63.3 Å². The molecule has 0 fully saturated rings. The van der Waals surface area contributed by atoms with Crippen molar-refractivity contribution in [3.63, 3.8) is 0 Å². The Morgan fingerprint density at radius 3 is 1.95 bits per heavy atom. The molecule has 1 aromatic rings. The molecule has 404 valence electrons. The monoisotopic (exact) mass is 1070 g/mol. The van der Waals surface area contributed by atoms with Crippen molar-refractivity contribution in [2.75, 3.05) is 24.7 Å². The lowest BCUT2D eigenvalue weighted by Gasteiger charge is -2.29. The maximum absolute atomic E-state index is 14.2. The Balaban J connectivity index is 2.16. The van der Waals surface area contributed by atoms with Gasteiger partial charge in [-0.15, -0.1) is 0 Å². The third-order valence-electron chi connectivity index (χ3n) is 11.3. The van der Waals surface area contributed by atoms with E-state index in [-0.39, 0.29) is 55.0 Å². The van der Waals surface area contributed by atoms with Crippen LogP contribution in [0.3, 0.4) is 0 Å². The molecule has 0 aliphatic carbocycles. The molecule has 0 radical (unpaired) electrons. The van der Waals surface area contributed by atoms with Crippen LogP contribution in [-0.2, 0) is 70.9 Å². The predicted octanol–water partition coefficient (Wildman–Crippen LogP) is -4.39. The quantitative estimate of drug-likeness (QED) is 0.0534. The minimum Gasteiger partial charge on any atom is -0.481 e. The summed E-state index contributed by atoms with van der Waals surface area (Å²) in [6.45, 7) is 4.80. The molecule has 9 amide bonds. The van der Waals surface area contributed by atoms with Crippen LogP contribution in [-0.4, -0.2) is 166 Å². The number of thioether (sulfide) groups is 2. The van der Waals surface area contributed by atoms with Gasteiger partial charge in [0, 0.05) is 29.6 Å². The second-order valence-corrected chi connectivity index (χ2v) is 19.4. The largest absolute Gasteiger partial charge is 0.481 e. The summed E-state index contributed by atoms with van der Waals surface area (Å²) in [7, 11) is 0. The fourth-order valence-corrected chi connectivity index (χ4v) is 9.09. The fraction of sp³-hybridized carbons (Fsp3) is 0.591. The first-order valence-electron chi connectivity index (χ1n) is 23.3. The Morgan fingerprint density at radius 1 is 0.767 bits per heavy atom. The van der Waals surface area contributed by atoms with Crippen molar-refractivity contribution in [2.24, 2.45) is 22.5 Å². The van der Waals surface area contributed by atoms with Gasteiger partial charge in [0.25, 0.3) is 5.91 Å². The van der Waals surface area contributed by atoms with Gasteiger partial charge in [0.15, 0.2) is 5.96 Å². The molecule has 29 heteroatoms. The zero-order chi connectivity index (χ0) is 54.4. The number of guanidine groups is 1. The summed E-state index contributed by atoms with van der Waals surface area (Å²) in [5.41, 5.74) is 13.2. The number of fused-ring (bicyclic) bond motifs is 5. The van der Waals surface area contributed by atoms with E-state index in [4.69, 9.17) is 21.7 Å². The number of amides is 9. The number of hydrogen-bond donors (Lipinski definition) is 15. The van der Waals surface area contributed by atoms with Crippen molar-refractivity contribution in [1.82, 2.24) is 47.9 Å².